The van der Waals surface area contributed by atoms with E-state index >= 15 is 0 Å². The summed E-state index contributed by atoms with van der Waals surface area (Å²) in [7, 11) is 0. The van der Waals surface area contributed by atoms with Gasteiger partial charge in [-0.3, -0.25) is 14.8 Å². The van der Waals surface area contributed by atoms with E-state index in [-0.39, 0.29) is 12.4 Å². The van der Waals surface area contributed by atoms with E-state index in [9.17, 15) is 19.8 Å². The highest BCUT2D eigenvalue weighted by Gasteiger charge is 2.42. The first-order valence-corrected chi connectivity index (χ1v) is 9.99. The van der Waals surface area contributed by atoms with Crippen LogP contribution < -0.4 is 11.0 Å². The Hall–Kier alpha value is -1.32. The lowest BCUT2D eigenvalue weighted by Gasteiger charge is -2.26. The summed E-state index contributed by atoms with van der Waals surface area (Å²) < 4.78 is 17.4. The Bertz CT molecular complexity index is 755. The molecule has 4 atom stereocenters. The quantitative estimate of drug-likeness (QED) is 0.443. The number of aliphatic hydroxyl groups is 2. The minimum Gasteiger partial charge on any atom is -0.448 e. The molecular formula is C16H23IN4O7. The number of rotatable bonds is 5. The predicted molar refractivity (Wildman–Crippen MR) is 105 cm³/mol. The molecule has 0 aromatic carbocycles. The first-order chi connectivity index (χ1) is 13.4. The highest BCUT2D eigenvalue weighted by atomic mass is 127. The van der Waals surface area contributed by atoms with E-state index in [1.54, 1.807) is 6.92 Å². The zero-order valence-corrected chi connectivity index (χ0v) is 17.4. The Kier molecular flexibility index (Phi) is 7.22. The Morgan fingerprint density at radius 1 is 1.39 bits per heavy atom. The molecule has 1 aromatic heterocycles. The summed E-state index contributed by atoms with van der Waals surface area (Å²) in [5.74, 6) is 0.0549. The molecule has 28 heavy (non-hydrogen) atoms. The summed E-state index contributed by atoms with van der Waals surface area (Å²) in [6.07, 6.45) is -3.34. The fraction of sp³-hybridized carbons (Fsp3) is 0.688. The molecule has 2 saturated heterocycles. The molecule has 3 heterocycles. The van der Waals surface area contributed by atoms with Gasteiger partial charge in [0.25, 0.3) is 0 Å². The maximum atomic E-state index is 12.3. The maximum Gasteiger partial charge on any atom is 0.412 e. The molecular weight excluding hydrogens is 487 g/mol. The number of nitrogens with one attached hydrogen (secondary N) is 1. The molecule has 156 valence electrons. The Morgan fingerprint density at radius 2 is 2.11 bits per heavy atom. The molecule has 2 fully saturated rings. The number of halogens is 1. The van der Waals surface area contributed by atoms with Crippen molar-refractivity contribution in [3.8, 4) is 0 Å². The first-order valence-electron chi connectivity index (χ1n) is 8.91. The molecule has 3 rings (SSSR count). The van der Waals surface area contributed by atoms with Gasteiger partial charge in [0, 0.05) is 25.8 Å². The normalized spacial score (nSPS) is 28.3. The van der Waals surface area contributed by atoms with Gasteiger partial charge in [0.15, 0.2) is 12.0 Å². The zero-order valence-electron chi connectivity index (χ0n) is 15.3. The van der Waals surface area contributed by atoms with Gasteiger partial charge in [0.05, 0.1) is 22.9 Å². The van der Waals surface area contributed by atoms with Gasteiger partial charge in [-0.15, -0.1) is 0 Å². The van der Waals surface area contributed by atoms with E-state index in [2.05, 4.69) is 15.2 Å². The van der Waals surface area contributed by atoms with E-state index in [1.807, 2.05) is 22.6 Å². The van der Waals surface area contributed by atoms with Crippen LogP contribution in [0.25, 0.3) is 0 Å². The number of nitrogens with zero attached hydrogens (tertiary/aromatic N) is 3. The van der Waals surface area contributed by atoms with Crippen LogP contribution in [0.3, 0.4) is 0 Å². The van der Waals surface area contributed by atoms with Crippen LogP contribution in [-0.2, 0) is 14.2 Å². The lowest BCUT2D eigenvalue weighted by molar-refractivity contribution is -0.0351. The van der Waals surface area contributed by atoms with Gasteiger partial charge in [-0.25, -0.2) is 9.59 Å². The smallest absolute Gasteiger partial charge is 0.412 e. The third kappa shape index (κ3) is 4.99. The van der Waals surface area contributed by atoms with Gasteiger partial charge in [0.2, 0.25) is 0 Å². The molecule has 11 nitrogen and oxygen atoms in total. The number of aliphatic hydroxyl groups excluding tert-OH is 2. The number of ether oxygens (including phenoxy) is 3. The molecule has 3 N–H and O–H groups in total. The number of hydrogen-bond donors (Lipinski definition) is 3. The van der Waals surface area contributed by atoms with Crippen molar-refractivity contribution in [3.63, 3.8) is 0 Å². The van der Waals surface area contributed by atoms with Crippen molar-refractivity contribution in [2.24, 2.45) is 0 Å². The number of aromatic nitrogens is 2. The molecule has 2 aliphatic rings. The summed E-state index contributed by atoms with van der Waals surface area (Å²) in [6, 6.07) is 0. The Morgan fingerprint density at radius 3 is 2.75 bits per heavy atom. The van der Waals surface area contributed by atoms with Crippen molar-refractivity contribution in [2.45, 2.75) is 31.5 Å². The average molecular weight is 510 g/mol. The van der Waals surface area contributed by atoms with Crippen molar-refractivity contribution in [2.75, 3.05) is 44.8 Å². The molecule has 12 heteroatoms. The average Bonchev–Trinajstić information content (AvgIpc) is 2.92. The molecule has 0 aliphatic carbocycles. The minimum atomic E-state index is -1.26. The Balaban J connectivity index is 1.58. The molecule has 0 radical (unpaired) electrons. The highest BCUT2D eigenvalue weighted by Crippen LogP contribution is 2.28. The van der Waals surface area contributed by atoms with E-state index in [4.69, 9.17) is 14.2 Å². The minimum absolute atomic E-state index is 0.0549. The molecule has 0 spiro atoms. The van der Waals surface area contributed by atoms with Crippen molar-refractivity contribution in [1.29, 1.82) is 0 Å². The van der Waals surface area contributed by atoms with Crippen LogP contribution in [-0.4, -0.2) is 88.5 Å². The summed E-state index contributed by atoms with van der Waals surface area (Å²) in [5, 5.41) is 22.3. The number of hydrogen-bond acceptors (Lipinski definition) is 9. The Labute approximate surface area is 174 Å². The largest absolute Gasteiger partial charge is 0.448 e. The summed E-state index contributed by atoms with van der Waals surface area (Å²) in [4.78, 5) is 30.2. The molecule has 0 saturated carbocycles. The fourth-order valence-corrected chi connectivity index (χ4v) is 3.55. The monoisotopic (exact) mass is 510 g/mol. The van der Waals surface area contributed by atoms with Crippen LogP contribution in [0.1, 0.15) is 13.2 Å². The number of carbonyl (C=O) groups excluding carboxylic acids is 1. The van der Waals surface area contributed by atoms with Crippen molar-refractivity contribution >= 4 is 34.5 Å². The van der Waals surface area contributed by atoms with Gasteiger partial charge in [-0.2, -0.15) is 4.98 Å². The van der Waals surface area contributed by atoms with Crippen LogP contribution in [0, 0.1) is 3.57 Å². The van der Waals surface area contributed by atoms with E-state index in [0.717, 1.165) is 17.7 Å². The van der Waals surface area contributed by atoms with Gasteiger partial charge in [-0.1, -0.05) is 0 Å². The van der Waals surface area contributed by atoms with Crippen molar-refractivity contribution in [1.82, 2.24) is 14.5 Å². The third-order valence-electron chi connectivity index (χ3n) is 4.62. The van der Waals surface area contributed by atoms with Crippen LogP contribution >= 0.6 is 22.6 Å². The highest BCUT2D eigenvalue weighted by molar-refractivity contribution is 14.1. The van der Waals surface area contributed by atoms with Crippen LogP contribution in [0.5, 0.6) is 0 Å². The van der Waals surface area contributed by atoms with Gasteiger partial charge in [-0.05, 0) is 29.5 Å². The predicted octanol–water partition coefficient (Wildman–Crippen LogP) is -0.632. The molecule has 2 aliphatic heterocycles. The second-order valence-corrected chi connectivity index (χ2v) is 7.72. The standard InChI is InChI=1S/C16H23IN4O7/c1-9-11(22)12(23)14(28-9)21-8-10(17)13(18-15(21)24)19-16(25)27-7-4-20-2-5-26-6-3-20/h8-9,11-12,14,22-23H,2-7H2,1H3,(H,18,19,24,25)/t9-,11?,12?,14-/m1/s1. The molecule has 1 aromatic rings. The number of amides is 1. The van der Waals surface area contributed by atoms with E-state index < -0.39 is 36.3 Å². The molecule has 2 unspecified atom stereocenters. The zero-order chi connectivity index (χ0) is 20.3. The second-order valence-electron chi connectivity index (χ2n) is 6.56. The van der Waals surface area contributed by atoms with Crippen LogP contribution in [0.2, 0.25) is 0 Å². The lowest BCUT2D eigenvalue weighted by Crippen LogP contribution is -2.38. The SMILES string of the molecule is C[C@H]1O[C@@H](n2cc(I)c(NC(=O)OCCN3CCOCC3)nc2=O)C(O)C1O. The third-order valence-corrected chi connectivity index (χ3v) is 5.41. The number of carbonyl (C=O) groups is 1. The van der Waals surface area contributed by atoms with E-state index in [1.165, 1.54) is 6.20 Å². The van der Waals surface area contributed by atoms with Crippen LogP contribution in [0.15, 0.2) is 11.0 Å². The lowest BCUT2D eigenvalue weighted by atomic mass is 10.1. The van der Waals surface area contributed by atoms with Crippen molar-refractivity contribution in [3.05, 3.63) is 20.3 Å². The molecule has 1 amide bonds. The first kappa shape index (κ1) is 21.4. The summed E-state index contributed by atoms with van der Waals surface area (Å²) in [6.45, 7) is 5.33. The van der Waals surface area contributed by atoms with Crippen molar-refractivity contribution < 1.29 is 29.2 Å². The molecule has 0 bridgehead atoms. The number of morpholine rings is 1. The van der Waals surface area contributed by atoms with Gasteiger partial charge >= 0.3 is 11.8 Å². The second kappa shape index (κ2) is 9.45. The van der Waals surface area contributed by atoms with Gasteiger partial charge in [0.1, 0.15) is 18.8 Å². The van der Waals surface area contributed by atoms with E-state index in [0.29, 0.717) is 23.3 Å². The van der Waals surface area contributed by atoms with Crippen LogP contribution in [0.4, 0.5) is 10.6 Å². The fourth-order valence-electron chi connectivity index (χ4n) is 3.00. The topological polar surface area (TPSA) is 135 Å². The summed E-state index contributed by atoms with van der Waals surface area (Å²) >= 11 is 1.90. The summed E-state index contributed by atoms with van der Waals surface area (Å²) in [5.41, 5.74) is -0.727. The number of anilines is 1. The van der Waals surface area contributed by atoms with Gasteiger partial charge < -0.3 is 24.4 Å². The maximum absolute atomic E-state index is 12.3.